The van der Waals surface area contributed by atoms with Gasteiger partial charge in [0.15, 0.2) is 0 Å². The van der Waals surface area contributed by atoms with Gasteiger partial charge >= 0.3 is 0 Å². The van der Waals surface area contributed by atoms with Gasteiger partial charge in [0.05, 0.1) is 104 Å². The van der Waals surface area contributed by atoms with E-state index in [1.807, 2.05) is 18.2 Å². The molecule has 0 aliphatic carbocycles. The minimum atomic E-state index is -3.90. The standard InChI is InChI=1S/C32H58O16S2/c1-2-30-7-8-31(47-25-23-45-21-19-43-17-15-41-13-11-39-9-3-5-27-49(33,34)35)29-32(30)48-26-24-46-22-20-44-18-16-42-14-12-40-10-4-6-28-50(36,37)38/h7-8,29H,2-6,9-28H2,1H3,(H,33,34,35)(H,36,37,38). The van der Waals surface area contributed by atoms with E-state index < -0.39 is 20.2 Å². The maximum absolute atomic E-state index is 10.6. The molecule has 2 N–H and O–H groups in total. The van der Waals surface area contributed by atoms with Crippen LogP contribution in [0.15, 0.2) is 18.2 Å². The van der Waals surface area contributed by atoms with Gasteiger partial charge in [-0.15, -0.1) is 0 Å². The highest BCUT2D eigenvalue weighted by atomic mass is 32.2. The van der Waals surface area contributed by atoms with E-state index in [9.17, 15) is 16.8 Å². The smallest absolute Gasteiger partial charge is 0.264 e. The van der Waals surface area contributed by atoms with Crippen LogP contribution in [0.5, 0.6) is 11.5 Å². The van der Waals surface area contributed by atoms with Crippen molar-refractivity contribution < 1.29 is 73.3 Å². The van der Waals surface area contributed by atoms with E-state index in [-0.39, 0.29) is 11.5 Å². The van der Waals surface area contributed by atoms with Crippen LogP contribution in [0.25, 0.3) is 0 Å². The molecule has 0 atom stereocenters. The molecule has 0 aliphatic heterocycles. The molecule has 1 rings (SSSR count). The Kier molecular flexibility index (Phi) is 28.6. The summed E-state index contributed by atoms with van der Waals surface area (Å²) in [5.41, 5.74) is 1.07. The van der Waals surface area contributed by atoms with Gasteiger partial charge in [0.1, 0.15) is 24.7 Å². The van der Waals surface area contributed by atoms with Crippen LogP contribution < -0.4 is 9.47 Å². The quantitative estimate of drug-likeness (QED) is 0.0739. The fourth-order valence-corrected chi connectivity index (χ4v) is 5.12. The van der Waals surface area contributed by atoms with Crippen molar-refractivity contribution in [2.75, 3.05) is 130 Å². The molecule has 0 heterocycles. The van der Waals surface area contributed by atoms with E-state index in [1.165, 1.54) is 0 Å². The molecule has 0 radical (unpaired) electrons. The Bertz CT molecular complexity index is 1150. The van der Waals surface area contributed by atoms with Crippen LogP contribution in [-0.2, 0) is 64.6 Å². The van der Waals surface area contributed by atoms with E-state index in [0.717, 1.165) is 17.7 Å². The SMILES string of the molecule is CCc1ccc(OCCOCCOCCOCCOCCCCS(=O)(=O)O)cc1OCCOCCOCCOCCOCCCCS(=O)(=O)O. The van der Waals surface area contributed by atoms with Crippen molar-refractivity contribution in [3.63, 3.8) is 0 Å². The van der Waals surface area contributed by atoms with Crippen LogP contribution in [0.2, 0.25) is 0 Å². The molecule has 0 spiro atoms. The van der Waals surface area contributed by atoms with Crippen LogP contribution in [0.1, 0.15) is 38.2 Å². The van der Waals surface area contributed by atoms with E-state index >= 15 is 0 Å². The Morgan fingerprint density at radius 2 is 0.800 bits per heavy atom. The first-order valence-corrected chi connectivity index (χ1v) is 20.2. The number of unbranched alkanes of at least 4 members (excludes halogenated alkanes) is 2. The van der Waals surface area contributed by atoms with Crippen molar-refractivity contribution in [2.24, 2.45) is 0 Å². The van der Waals surface area contributed by atoms with Crippen molar-refractivity contribution in [3.05, 3.63) is 23.8 Å². The first-order chi connectivity index (χ1) is 24.1. The van der Waals surface area contributed by atoms with Gasteiger partial charge in [-0.3, -0.25) is 9.11 Å². The number of hydrogen-bond acceptors (Lipinski definition) is 14. The highest BCUT2D eigenvalue weighted by Gasteiger charge is 2.07. The third-order valence-electron chi connectivity index (χ3n) is 6.52. The molecule has 1 aromatic carbocycles. The molecule has 1 aromatic rings. The lowest BCUT2D eigenvalue weighted by atomic mass is 10.1. The monoisotopic (exact) mass is 762 g/mol. The second kappa shape index (κ2) is 30.9. The molecule has 0 fully saturated rings. The van der Waals surface area contributed by atoms with E-state index in [2.05, 4.69) is 6.92 Å². The fourth-order valence-electron chi connectivity index (χ4n) is 3.98. The Morgan fingerprint density at radius 1 is 0.460 bits per heavy atom. The van der Waals surface area contributed by atoms with Gasteiger partial charge in [-0.25, -0.2) is 0 Å². The van der Waals surface area contributed by atoms with Gasteiger partial charge in [-0.2, -0.15) is 16.8 Å². The number of aryl methyl sites for hydroxylation is 1. The molecule has 0 unspecified atom stereocenters. The lowest BCUT2D eigenvalue weighted by Crippen LogP contribution is -2.14. The average molecular weight is 763 g/mol. The predicted molar refractivity (Wildman–Crippen MR) is 185 cm³/mol. The molecule has 0 bridgehead atoms. The van der Waals surface area contributed by atoms with E-state index in [4.69, 9.17) is 56.5 Å². The molecule has 16 nitrogen and oxygen atoms in total. The summed E-state index contributed by atoms with van der Waals surface area (Å²) >= 11 is 0. The Labute approximate surface area is 297 Å². The first-order valence-electron chi connectivity index (χ1n) is 17.0. The van der Waals surface area contributed by atoms with Gasteiger partial charge < -0.3 is 47.4 Å². The number of hydrogen-bond donors (Lipinski definition) is 2. The Morgan fingerprint density at radius 3 is 1.16 bits per heavy atom. The molecule has 0 aliphatic rings. The summed E-state index contributed by atoms with van der Waals surface area (Å²) in [7, 11) is -7.81. The minimum Gasteiger partial charge on any atom is -0.491 e. The maximum atomic E-state index is 10.6. The van der Waals surface area contributed by atoms with Gasteiger partial charge in [0.2, 0.25) is 0 Å². The molecular formula is C32H58O16S2. The summed E-state index contributed by atoms with van der Waals surface area (Å²) in [6.07, 6.45) is 2.64. The number of benzene rings is 1. The molecule has 294 valence electrons. The zero-order valence-electron chi connectivity index (χ0n) is 29.3. The second-order valence-electron chi connectivity index (χ2n) is 10.7. The maximum Gasteiger partial charge on any atom is 0.264 e. The minimum absolute atomic E-state index is 0.252. The highest BCUT2D eigenvalue weighted by Crippen LogP contribution is 2.25. The number of rotatable bonds is 37. The summed E-state index contributed by atoms with van der Waals surface area (Å²) in [5.74, 6) is 0.938. The van der Waals surface area contributed by atoms with Crippen LogP contribution in [0.4, 0.5) is 0 Å². The largest absolute Gasteiger partial charge is 0.491 e. The normalized spacial score (nSPS) is 12.1. The van der Waals surface area contributed by atoms with Crippen molar-refractivity contribution >= 4 is 20.2 Å². The number of ether oxygens (including phenoxy) is 10. The molecule has 0 saturated carbocycles. The summed E-state index contributed by atoms with van der Waals surface area (Å²) in [5, 5.41) is 0. The lowest BCUT2D eigenvalue weighted by molar-refractivity contribution is -0.00499. The summed E-state index contributed by atoms with van der Waals surface area (Å²) in [6.45, 7) is 9.59. The zero-order chi connectivity index (χ0) is 36.6. The third kappa shape index (κ3) is 31.1. The summed E-state index contributed by atoms with van der Waals surface area (Å²) in [4.78, 5) is 0. The fraction of sp³-hybridized carbons (Fsp3) is 0.812. The molecule has 18 heteroatoms. The van der Waals surface area contributed by atoms with Crippen molar-refractivity contribution in [1.82, 2.24) is 0 Å². The van der Waals surface area contributed by atoms with Gasteiger partial charge in [-0.1, -0.05) is 13.0 Å². The van der Waals surface area contributed by atoms with Crippen LogP contribution in [-0.4, -0.2) is 156 Å². The van der Waals surface area contributed by atoms with Gasteiger partial charge in [0.25, 0.3) is 20.2 Å². The van der Waals surface area contributed by atoms with E-state index in [0.29, 0.717) is 150 Å². The molecular weight excluding hydrogens is 704 g/mol. The highest BCUT2D eigenvalue weighted by molar-refractivity contribution is 7.86. The molecule has 0 amide bonds. The van der Waals surface area contributed by atoms with Gasteiger partial charge in [-0.05, 0) is 43.7 Å². The van der Waals surface area contributed by atoms with Crippen LogP contribution in [0, 0.1) is 0 Å². The Balaban J connectivity index is 1.95. The van der Waals surface area contributed by atoms with Crippen molar-refractivity contribution in [2.45, 2.75) is 39.0 Å². The summed E-state index contributed by atoms with van der Waals surface area (Å²) < 4.78 is 115. The lowest BCUT2D eigenvalue weighted by Gasteiger charge is -2.14. The predicted octanol–water partition coefficient (Wildman–Crippen LogP) is 2.48. The molecule has 0 saturated heterocycles. The van der Waals surface area contributed by atoms with Crippen LogP contribution in [0.3, 0.4) is 0 Å². The summed E-state index contributed by atoms with van der Waals surface area (Å²) in [6, 6.07) is 5.76. The van der Waals surface area contributed by atoms with E-state index in [1.54, 1.807) is 0 Å². The zero-order valence-corrected chi connectivity index (χ0v) is 31.0. The van der Waals surface area contributed by atoms with Crippen molar-refractivity contribution in [1.29, 1.82) is 0 Å². The average Bonchev–Trinajstić information content (AvgIpc) is 3.06. The van der Waals surface area contributed by atoms with Crippen molar-refractivity contribution in [3.8, 4) is 11.5 Å². The molecule has 0 aromatic heterocycles. The van der Waals surface area contributed by atoms with Crippen LogP contribution >= 0.6 is 0 Å². The topological polar surface area (TPSA) is 201 Å². The first kappa shape index (κ1) is 46.3. The second-order valence-corrected chi connectivity index (χ2v) is 13.8. The molecule has 50 heavy (non-hydrogen) atoms. The third-order valence-corrected chi connectivity index (χ3v) is 8.12. The Hall–Kier alpha value is -1.68. The van der Waals surface area contributed by atoms with Gasteiger partial charge in [0, 0.05) is 19.3 Å².